The van der Waals surface area contributed by atoms with E-state index in [9.17, 15) is 9.90 Å². The lowest BCUT2D eigenvalue weighted by molar-refractivity contribution is -0.151. The van der Waals surface area contributed by atoms with E-state index in [1.54, 1.807) is 6.92 Å². The van der Waals surface area contributed by atoms with Crippen LogP contribution in [-0.2, 0) is 9.53 Å². The molecule has 0 bridgehead atoms. The number of carbonyl (C=O) groups excluding carboxylic acids is 1. The Labute approximate surface area is 83.3 Å². The zero-order valence-electron chi connectivity index (χ0n) is 8.31. The first-order chi connectivity index (χ1) is 6.66. The third-order valence-corrected chi connectivity index (χ3v) is 2.24. The fourth-order valence-corrected chi connectivity index (χ4v) is 1.26. The van der Waals surface area contributed by atoms with Gasteiger partial charge < -0.3 is 9.84 Å². The number of hydrogen-bond acceptors (Lipinski definition) is 3. The Balaban J connectivity index is 2.75. The zero-order chi connectivity index (χ0) is 10.6. The molecule has 1 N–H and O–H groups in total. The highest BCUT2D eigenvalue weighted by Gasteiger charge is 2.23. The Hall–Kier alpha value is -1.35. The van der Waals surface area contributed by atoms with Crippen molar-refractivity contribution in [2.45, 2.75) is 18.9 Å². The van der Waals surface area contributed by atoms with E-state index in [0.29, 0.717) is 0 Å². The minimum absolute atomic E-state index is 0.247. The number of ether oxygens (including phenoxy) is 1. The molecular weight excluding hydrogens is 180 g/mol. The topological polar surface area (TPSA) is 46.5 Å². The SMILES string of the molecule is COC(=O)[C@@H](O)C(C)c1ccccc1. The van der Waals surface area contributed by atoms with Crippen LogP contribution in [0.15, 0.2) is 30.3 Å². The van der Waals surface area contributed by atoms with Crippen molar-refractivity contribution in [1.82, 2.24) is 0 Å². The molecule has 0 aromatic heterocycles. The van der Waals surface area contributed by atoms with Crippen LogP contribution in [0.25, 0.3) is 0 Å². The number of carbonyl (C=O) groups is 1. The van der Waals surface area contributed by atoms with Gasteiger partial charge in [-0.2, -0.15) is 0 Å². The Bertz CT molecular complexity index is 295. The number of esters is 1. The number of aliphatic hydroxyl groups is 1. The summed E-state index contributed by atoms with van der Waals surface area (Å²) in [5.41, 5.74) is 0.922. The van der Waals surface area contributed by atoms with Gasteiger partial charge in [0.05, 0.1) is 7.11 Å². The smallest absolute Gasteiger partial charge is 0.335 e. The van der Waals surface area contributed by atoms with Gasteiger partial charge in [-0.05, 0) is 5.56 Å². The minimum atomic E-state index is -1.10. The second kappa shape index (κ2) is 4.77. The van der Waals surface area contributed by atoms with Crippen molar-refractivity contribution in [3.8, 4) is 0 Å². The summed E-state index contributed by atoms with van der Waals surface area (Å²) in [5, 5.41) is 9.57. The predicted octanol–water partition coefficient (Wildman–Crippen LogP) is 1.32. The molecule has 0 saturated carbocycles. The standard InChI is InChI=1S/C11H14O3/c1-8(10(12)11(13)14-2)9-6-4-3-5-7-9/h3-8,10,12H,1-2H3/t8?,10-/m0/s1. The number of rotatable bonds is 3. The molecule has 14 heavy (non-hydrogen) atoms. The molecule has 3 nitrogen and oxygen atoms in total. The average Bonchev–Trinajstić information content (AvgIpc) is 2.27. The molecule has 2 atom stereocenters. The van der Waals surface area contributed by atoms with Gasteiger partial charge in [-0.25, -0.2) is 4.79 Å². The second-order valence-corrected chi connectivity index (χ2v) is 3.17. The van der Waals surface area contributed by atoms with Gasteiger partial charge in [0.1, 0.15) is 0 Å². The molecule has 0 aliphatic heterocycles. The molecule has 1 rings (SSSR count). The molecule has 0 spiro atoms. The quantitative estimate of drug-likeness (QED) is 0.738. The summed E-state index contributed by atoms with van der Waals surface area (Å²) in [4.78, 5) is 11.1. The molecular formula is C11H14O3. The molecule has 0 saturated heterocycles. The number of methoxy groups -OCH3 is 1. The van der Waals surface area contributed by atoms with Gasteiger partial charge in [0.25, 0.3) is 0 Å². The zero-order valence-corrected chi connectivity index (χ0v) is 8.31. The molecule has 76 valence electrons. The van der Waals surface area contributed by atoms with Crippen LogP contribution in [0.5, 0.6) is 0 Å². The van der Waals surface area contributed by atoms with E-state index in [-0.39, 0.29) is 5.92 Å². The lowest BCUT2D eigenvalue weighted by Crippen LogP contribution is -2.27. The highest BCUT2D eigenvalue weighted by molar-refractivity contribution is 5.75. The summed E-state index contributed by atoms with van der Waals surface area (Å²) in [7, 11) is 1.27. The predicted molar refractivity (Wildman–Crippen MR) is 52.9 cm³/mol. The Morgan fingerprint density at radius 1 is 1.36 bits per heavy atom. The summed E-state index contributed by atoms with van der Waals surface area (Å²) in [6.07, 6.45) is -1.10. The van der Waals surface area contributed by atoms with Crippen LogP contribution in [0.1, 0.15) is 18.4 Å². The Kier molecular flexibility index (Phi) is 3.65. The summed E-state index contributed by atoms with van der Waals surface area (Å²) in [5.74, 6) is -0.843. The normalized spacial score (nSPS) is 14.5. The maximum Gasteiger partial charge on any atom is 0.335 e. The van der Waals surface area contributed by atoms with E-state index in [1.807, 2.05) is 30.3 Å². The van der Waals surface area contributed by atoms with Crippen LogP contribution in [0, 0.1) is 0 Å². The van der Waals surface area contributed by atoms with E-state index >= 15 is 0 Å². The molecule has 1 unspecified atom stereocenters. The molecule has 1 aromatic rings. The molecule has 0 heterocycles. The Morgan fingerprint density at radius 2 is 1.93 bits per heavy atom. The fraction of sp³-hybridized carbons (Fsp3) is 0.364. The van der Waals surface area contributed by atoms with Crippen LogP contribution in [0.2, 0.25) is 0 Å². The molecule has 0 radical (unpaired) electrons. The van der Waals surface area contributed by atoms with Gasteiger partial charge in [0, 0.05) is 5.92 Å². The van der Waals surface area contributed by atoms with E-state index in [4.69, 9.17) is 0 Å². The summed E-state index contributed by atoms with van der Waals surface area (Å²) in [6, 6.07) is 9.38. The van der Waals surface area contributed by atoms with Crippen molar-refractivity contribution >= 4 is 5.97 Å². The average molecular weight is 194 g/mol. The van der Waals surface area contributed by atoms with E-state index in [1.165, 1.54) is 7.11 Å². The molecule has 3 heteroatoms. The van der Waals surface area contributed by atoms with Gasteiger partial charge in [0.2, 0.25) is 0 Å². The molecule has 1 aromatic carbocycles. The first-order valence-corrected chi connectivity index (χ1v) is 4.47. The van der Waals surface area contributed by atoms with Crippen LogP contribution in [0.3, 0.4) is 0 Å². The molecule has 0 amide bonds. The molecule has 0 aliphatic rings. The minimum Gasteiger partial charge on any atom is -0.467 e. The van der Waals surface area contributed by atoms with E-state index in [2.05, 4.69) is 4.74 Å². The van der Waals surface area contributed by atoms with Crippen molar-refractivity contribution in [2.24, 2.45) is 0 Å². The third-order valence-electron chi connectivity index (χ3n) is 2.24. The lowest BCUT2D eigenvalue weighted by atomic mass is 9.95. The monoisotopic (exact) mass is 194 g/mol. The van der Waals surface area contributed by atoms with Crippen molar-refractivity contribution < 1.29 is 14.6 Å². The maximum absolute atomic E-state index is 11.1. The van der Waals surface area contributed by atoms with Crippen LogP contribution < -0.4 is 0 Å². The van der Waals surface area contributed by atoms with Crippen molar-refractivity contribution in [3.05, 3.63) is 35.9 Å². The van der Waals surface area contributed by atoms with Crippen LogP contribution >= 0.6 is 0 Å². The Morgan fingerprint density at radius 3 is 2.43 bits per heavy atom. The lowest BCUT2D eigenvalue weighted by Gasteiger charge is -2.16. The van der Waals surface area contributed by atoms with E-state index in [0.717, 1.165) is 5.56 Å². The van der Waals surface area contributed by atoms with Crippen molar-refractivity contribution in [1.29, 1.82) is 0 Å². The summed E-state index contributed by atoms with van der Waals surface area (Å²) >= 11 is 0. The summed E-state index contributed by atoms with van der Waals surface area (Å²) in [6.45, 7) is 1.79. The fourth-order valence-electron chi connectivity index (χ4n) is 1.26. The van der Waals surface area contributed by atoms with Crippen molar-refractivity contribution in [2.75, 3.05) is 7.11 Å². The van der Waals surface area contributed by atoms with Crippen molar-refractivity contribution in [3.63, 3.8) is 0 Å². The largest absolute Gasteiger partial charge is 0.467 e. The number of hydrogen-bond donors (Lipinski definition) is 1. The van der Waals surface area contributed by atoms with Gasteiger partial charge in [-0.1, -0.05) is 37.3 Å². The highest BCUT2D eigenvalue weighted by atomic mass is 16.5. The first kappa shape index (κ1) is 10.7. The highest BCUT2D eigenvalue weighted by Crippen LogP contribution is 2.19. The maximum atomic E-state index is 11.1. The summed E-state index contributed by atoms with van der Waals surface area (Å²) < 4.78 is 4.47. The molecule has 0 fully saturated rings. The number of benzene rings is 1. The molecule has 0 aliphatic carbocycles. The number of aliphatic hydroxyl groups excluding tert-OH is 1. The van der Waals surface area contributed by atoms with E-state index < -0.39 is 12.1 Å². The van der Waals surface area contributed by atoms with Gasteiger partial charge >= 0.3 is 5.97 Å². The van der Waals surface area contributed by atoms with Crippen LogP contribution in [0.4, 0.5) is 0 Å². The van der Waals surface area contributed by atoms with Gasteiger partial charge in [0.15, 0.2) is 6.10 Å². The second-order valence-electron chi connectivity index (χ2n) is 3.17. The third kappa shape index (κ3) is 2.33. The first-order valence-electron chi connectivity index (χ1n) is 4.47. The van der Waals surface area contributed by atoms with Crippen LogP contribution in [-0.4, -0.2) is 24.3 Å². The van der Waals surface area contributed by atoms with Gasteiger partial charge in [-0.15, -0.1) is 0 Å². The van der Waals surface area contributed by atoms with Gasteiger partial charge in [-0.3, -0.25) is 0 Å².